The lowest BCUT2D eigenvalue weighted by Crippen LogP contribution is -2.25. The summed E-state index contributed by atoms with van der Waals surface area (Å²) >= 11 is 0. The predicted octanol–water partition coefficient (Wildman–Crippen LogP) is 1.38. The first-order chi connectivity index (χ1) is 12.3. The number of benzene rings is 1. The van der Waals surface area contributed by atoms with E-state index in [1.165, 1.54) is 17.0 Å². The van der Waals surface area contributed by atoms with Gasteiger partial charge in [-0.1, -0.05) is 12.1 Å². The predicted molar refractivity (Wildman–Crippen MR) is 103 cm³/mol. The van der Waals surface area contributed by atoms with Gasteiger partial charge in [-0.3, -0.25) is 4.79 Å². The van der Waals surface area contributed by atoms with E-state index in [-0.39, 0.29) is 17.2 Å². The topological polar surface area (TPSA) is 99.1 Å². The average molecular weight is 392 g/mol. The second-order valence-corrected chi connectivity index (χ2v) is 10.5. The normalized spacial score (nSPS) is 21.3. The van der Waals surface area contributed by atoms with Crippen molar-refractivity contribution in [2.75, 3.05) is 25.6 Å². The molecule has 1 amide bonds. The number of thiol groups is 1. The average Bonchev–Trinajstić information content (AvgIpc) is 2.86. The molecule has 26 heavy (non-hydrogen) atoms. The van der Waals surface area contributed by atoms with E-state index in [1.807, 2.05) is 0 Å². The van der Waals surface area contributed by atoms with Gasteiger partial charge in [0.25, 0.3) is 0 Å². The van der Waals surface area contributed by atoms with Gasteiger partial charge in [-0.25, -0.2) is 8.42 Å². The summed E-state index contributed by atoms with van der Waals surface area (Å²) in [5.74, 6) is -0.193. The van der Waals surface area contributed by atoms with Gasteiger partial charge < -0.3 is 10.6 Å². The van der Waals surface area contributed by atoms with Crippen LogP contribution in [0.15, 0.2) is 50.2 Å². The van der Waals surface area contributed by atoms with Crippen LogP contribution in [0.3, 0.4) is 0 Å². The summed E-state index contributed by atoms with van der Waals surface area (Å²) in [5.41, 5.74) is 2.37. The van der Waals surface area contributed by atoms with Gasteiger partial charge in [-0.15, -0.1) is 0 Å². The molecule has 0 aliphatic carbocycles. The molecule has 1 atom stereocenters. The lowest BCUT2D eigenvalue weighted by molar-refractivity contribution is -0.119. The first kappa shape index (κ1) is 18.7. The number of sulfone groups is 1. The summed E-state index contributed by atoms with van der Waals surface area (Å²) in [7, 11) is -3.92. The molecule has 0 saturated carbocycles. The molecule has 2 aliphatic rings. The summed E-state index contributed by atoms with van der Waals surface area (Å²) in [6, 6.07) is 8.56. The Balaban J connectivity index is 1.73. The number of nitriles is 1. The number of nitrogens with one attached hydrogen (secondary N) is 2. The molecule has 3 rings (SSSR count). The molecule has 1 unspecified atom stereocenters. The highest BCUT2D eigenvalue weighted by atomic mass is 32.2. The van der Waals surface area contributed by atoms with Crippen molar-refractivity contribution in [3.8, 4) is 6.07 Å². The first-order valence-corrected chi connectivity index (χ1v) is 11.9. The fourth-order valence-electron chi connectivity index (χ4n) is 3.20. The second kappa shape index (κ2) is 7.27. The zero-order valence-electron chi connectivity index (χ0n) is 14.7. The molecule has 1 aromatic rings. The molecule has 0 bridgehead atoms. The van der Waals surface area contributed by atoms with E-state index in [0.29, 0.717) is 12.1 Å². The summed E-state index contributed by atoms with van der Waals surface area (Å²) in [6.07, 6.45) is 4.28. The minimum absolute atomic E-state index is 0.137. The van der Waals surface area contributed by atoms with Crippen molar-refractivity contribution in [3.05, 3.63) is 50.9 Å². The third-order valence-electron chi connectivity index (χ3n) is 4.55. The lowest BCUT2D eigenvalue weighted by atomic mass is 10.0. The van der Waals surface area contributed by atoms with E-state index in [1.54, 1.807) is 12.1 Å². The third-order valence-corrected chi connectivity index (χ3v) is 7.99. The van der Waals surface area contributed by atoms with Crippen molar-refractivity contribution in [3.63, 3.8) is 0 Å². The Morgan fingerprint density at radius 1 is 1.35 bits per heavy atom. The van der Waals surface area contributed by atoms with E-state index in [2.05, 4.69) is 23.0 Å². The molecule has 0 spiro atoms. The second-order valence-electron chi connectivity index (χ2n) is 6.39. The van der Waals surface area contributed by atoms with Crippen LogP contribution in [0.4, 0.5) is 0 Å². The van der Waals surface area contributed by atoms with Gasteiger partial charge >= 0.3 is 0 Å². The fourth-order valence-corrected chi connectivity index (χ4v) is 5.96. The maximum Gasteiger partial charge on any atom is 0.229 e. The zero-order chi connectivity index (χ0) is 18.9. The number of carbonyl (C=O) groups excluding carboxylic acids is 1. The van der Waals surface area contributed by atoms with Gasteiger partial charge in [0.1, 0.15) is 6.07 Å². The largest absolute Gasteiger partial charge is 0.320 e. The minimum Gasteiger partial charge on any atom is -0.320 e. The van der Waals surface area contributed by atoms with Crippen LogP contribution in [-0.2, 0) is 21.1 Å². The molecule has 0 fully saturated rings. The molecule has 1 aromatic carbocycles. The Morgan fingerprint density at radius 3 is 2.65 bits per heavy atom. The van der Waals surface area contributed by atoms with Crippen molar-refractivity contribution in [1.82, 2.24) is 10.6 Å². The molecule has 6 nitrogen and oxygen atoms in total. The number of nitrogens with zero attached hydrogens (tertiary/aromatic N) is 1. The van der Waals surface area contributed by atoms with Gasteiger partial charge in [0.2, 0.25) is 5.91 Å². The number of hydrogen-bond acceptors (Lipinski definition) is 5. The minimum atomic E-state index is -3.25. The SMILES string of the molecule is C[SH]1C2=C(CNCC2)C(C#N)=C1NC(=O)Cc1ccc(S(C)(=O)=O)cc1. The molecule has 0 radical (unpaired) electrons. The highest BCUT2D eigenvalue weighted by Gasteiger charge is 2.31. The third kappa shape index (κ3) is 3.70. The Labute approximate surface area is 156 Å². The van der Waals surface area contributed by atoms with Crippen LogP contribution in [0.25, 0.3) is 0 Å². The van der Waals surface area contributed by atoms with Gasteiger partial charge in [0.05, 0.1) is 21.9 Å². The van der Waals surface area contributed by atoms with Crippen molar-refractivity contribution in [2.24, 2.45) is 0 Å². The molecule has 0 aromatic heterocycles. The van der Waals surface area contributed by atoms with Crippen LogP contribution in [0.2, 0.25) is 0 Å². The smallest absolute Gasteiger partial charge is 0.229 e. The zero-order valence-corrected chi connectivity index (χ0v) is 16.4. The fraction of sp³-hybridized carbons (Fsp3) is 0.333. The van der Waals surface area contributed by atoms with Gasteiger partial charge in [0, 0.05) is 12.8 Å². The molecule has 8 heteroatoms. The maximum atomic E-state index is 12.5. The summed E-state index contributed by atoms with van der Waals surface area (Å²) in [5, 5.41) is 16.5. The van der Waals surface area contributed by atoms with Crippen molar-refractivity contribution < 1.29 is 13.2 Å². The Hall–Kier alpha value is -2.08. The highest BCUT2D eigenvalue weighted by Crippen LogP contribution is 2.51. The van der Waals surface area contributed by atoms with Gasteiger partial charge in [-0.05, 0) is 47.4 Å². The molecule has 0 saturated heterocycles. The van der Waals surface area contributed by atoms with Crippen LogP contribution < -0.4 is 10.6 Å². The van der Waals surface area contributed by atoms with Crippen molar-refractivity contribution >= 4 is 26.6 Å². The molecule has 2 heterocycles. The van der Waals surface area contributed by atoms with E-state index in [9.17, 15) is 18.5 Å². The molecule has 138 valence electrons. The van der Waals surface area contributed by atoms with Crippen LogP contribution in [0.5, 0.6) is 0 Å². The molecule has 2 aliphatic heterocycles. The maximum absolute atomic E-state index is 12.5. The van der Waals surface area contributed by atoms with E-state index in [0.717, 1.165) is 35.4 Å². The van der Waals surface area contributed by atoms with Crippen LogP contribution in [0.1, 0.15) is 12.0 Å². The number of hydrogen-bond donors (Lipinski definition) is 3. The molecular weight excluding hydrogens is 370 g/mol. The Morgan fingerprint density at radius 2 is 2.04 bits per heavy atom. The van der Waals surface area contributed by atoms with Crippen LogP contribution >= 0.6 is 10.9 Å². The van der Waals surface area contributed by atoms with Gasteiger partial charge in [-0.2, -0.15) is 16.2 Å². The van der Waals surface area contributed by atoms with Gasteiger partial charge in [0.15, 0.2) is 9.84 Å². The molecular formula is C18H21N3O3S2. The van der Waals surface area contributed by atoms with Crippen molar-refractivity contribution in [2.45, 2.75) is 17.7 Å². The van der Waals surface area contributed by atoms with Crippen LogP contribution in [0, 0.1) is 11.3 Å². The van der Waals surface area contributed by atoms with Crippen molar-refractivity contribution in [1.29, 1.82) is 5.26 Å². The van der Waals surface area contributed by atoms with Crippen LogP contribution in [-0.4, -0.2) is 39.9 Å². The Kier molecular flexibility index (Phi) is 5.23. The summed E-state index contributed by atoms with van der Waals surface area (Å²) in [4.78, 5) is 14.0. The molecule has 2 N–H and O–H groups in total. The van der Waals surface area contributed by atoms with E-state index >= 15 is 0 Å². The quantitative estimate of drug-likeness (QED) is 0.674. The highest BCUT2D eigenvalue weighted by molar-refractivity contribution is 8.23. The number of carbonyl (C=O) groups is 1. The number of rotatable bonds is 4. The monoisotopic (exact) mass is 391 g/mol. The first-order valence-electron chi connectivity index (χ1n) is 8.21. The Bertz CT molecular complexity index is 954. The summed E-state index contributed by atoms with van der Waals surface area (Å²) < 4.78 is 23.0. The summed E-state index contributed by atoms with van der Waals surface area (Å²) in [6.45, 7) is 1.58. The van der Waals surface area contributed by atoms with E-state index in [4.69, 9.17) is 0 Å². The lowest BCUT2D eigenvalue weighted by Gasteiger charge is -2.22. The van der Waals surface area contributed by atoms with E-state index < -0.39 is 20.7 Å². The standard InChI is InChI=1S/C18H21N3O3S2/c1-25-16-7-8-20-11-15(16)14(10-19)18(25)21-17(22)9-12-3-5-13(6-4-12)26(2,23)24/h3-6,20,25H,7-9,11H2,1-2H3,(H,21,22). The number of amides is 1.